The number of hydrogen-bond acceptors (Lipinski definition) is 1. The van der Waals surface area contributed by atoms with Crippen LogP contribution in [0.25, 0.3) is 0 Å². The second-order valence-electron chi connectivity index (χ2n) is 6.30. The number of aryl methyl sites for hydroxylation is 2. The fourth-order valence-electron chi connectivity index (χ4n) is 2.78. The van der Waals surface area contributed by atoms with Crippen molar-refractivity contribution in [1.29, 1.82) is 0 Å². The summed E-state index contributed by atoms with van der Waals surface area (Å²) in [5.74, 6) is 0.596. The van der Waals surface area contributed by atoms with Crippen molar-refractivity contribution in [2.75, 3.05) is 7.05 Å². The molecule has 112 valence electrons. The molecule has 0 bridgehead atoms. The Hall–Kier alpha value is -1.60. The molecule has 1 heteroatoms. The molecule has 1 N–H and O–H groups in total. The van der Waals surface area contributed by atoms with E-state index in [9.17, 15) is 0 Å². The molecular formula is C20H27N. The third kappa shape index (κ3) is 3.95. The molecule has 0 saturated carbocycles. The molecule has 2 rings (SSSR count). The molecule has 0 spiro atoms. The van der Waals surface area contributed by atoms with Crippen molar-refractivity contribution in [3.63, 3.8) is 0 Å². The van der Waals surface area contributed by atoms with Crippen LogP contribution in [-0.2, 0) is 6.42 Å². The summed E-state index contributed by atoms with van der Waals surface area (Å²) in [5.41, 5.74) is 6.89. The van der Waals surface area contributed by atoms with E-state index in [4.69, 9.17) is 0 Å². The zero-order valence-electron chi connectivity index (χ0n) is 13.9. The molecule has 0 saturated heterocycles. The fourth-order valence-corrected chi connectivity index (χ4v) is 2.78. The van der Waals surface area contributed by atoms with Crippen LogP contribution in [0.5, 0.6) is 0 Å². The van der Waals surface area contributed by atoms with Crippen molar-refractivity contribution < 1.29 is 0 Å². The molecule has 0 aliphatic carbocycles. The third-order valence-electron chi connectivity index (χ3n) is 4.24. The van der Waals surface area contributed by atoms with Crippen LogP contribution in [-0.4, -0.2) is 7.05 Å². The molecule has 0 radical (unpaired) electrons. The van der Waals surface area contributed by atoms with Gasteiger partial charge < -0.3 is 5.32 Å². The Bertz CT molecular complexity index is 581. The standard InChI is InChI=1S/C20H27N/c1-14(2)18-10-8-17(9-11-18)13-20(21-5)19-12-15(3)6-7-16(19)4/h6-12,14,20-21H,13H2,1-5H3. The Kier molecular flexibility index (Phi) is 5.19. The topological polar surface area (TPSA) is 12.0 Å². The molecule has 0 amide bonds. The van der Waals surface area contributed by atoms with Gasteiger partial charge in [-0.25, -0.2) is 0 Å². The maximum Gasteiger partial charge on any atom is 0.0361 e. The van der Waals surface area contributed by atoms with Crippen LogP contribution in [0.1, 0.15) is 53.6 Å². The van der Waals surface area contributed by atoms with Gasteiger partial charge in [0.2, 0.25) is 0 Å². The largest absolute Gasteiger partial charge is 0.313 e. The van der Waals surface area contributed by atoms with Crippen LogP contribution < -0.4 is 5.32 Å². The van der Waals surface area contributed by atoms with E-state index in [0.29, 0.717) is 12.0 Å². The van der Waals surface area contributed by atoms with E-state index in [0.717, 1.165) is 6.42 Å². The van der Waals surface area contributed by atoms with Crippen molar-refractivity contribution in [2.45, 2.75) is 46.1 Å². The van der Waals surface area contributed by atoms with Crippen molar-refractivity contribution in [3.8, 4) is 0 Å². The Morgan fingerprint density at radius 3 is 2.19 bits per heavy atom. The van der Waals surface area contributed by atoms with Crippen molar-refractivity contribution in [2.24, 2.45) is 0 Å². The van der Waals surface area contributed by atoms with Crippen LogP contribution in [0.3, 0.4) is 0 Å². The fraction of sp³-hybridized carbons (Fsp3) is 0.400. The Balaban J connectivity index is 2.20. The summed E-state index contributed by atoms with van der Waals surface area (Å²) in [6, 6.07) is 16.1. The smallest absolute Gasteiger partial charge is 0.0361 e. The molecule has 1 atom stereocenters. The summed E-state index contributed by atoms with van der Waals surface area (Å²) in [7, 11) is 2.05. The predicted octanol–water partition coefficient (Wildman–Crippen LogP) is 4.93. The van der Waals surface area contributed by atoms with Gasteiger partial charge >= 0.3 is 0 Å². The van der Waals surface area contributed by atoms with Crippen LogP contribution in [0, 0.1) is 13.8 Å². The van der Waals surface area contributed by atoms with Crippen LogP contribution in [0.4, 0.5) is 0 Å². The zero-order chi connectivity index (χ0) is 15.4. The summed E-state index contributed by atoms with van der Waals surface area (Å²) in [6.07, 6.45) is 1.03. The summed E-state index contributed by atoms with van der Waals surface area (Å²) in [5, 5.41) is 3.47. The first-order valence-electron chi connectivity index (χ1n) is 7.84. The van der Waals surface area contributed by atoms with Crippen molar-refractivity contribution >= 4 is 0 Å². The maximum absolute atomic E-state index is 3.47. The first-order valence-corrected chi connectivity index (χ1v) is 7.84. The van der Waals surface area contributed by atoms with E-state index in [1.165, 1.54) is 27.8 Å². The molecule has 1 unspecified atom stereocenters. The van der Waals surface area contributed by atoms with Gasteiger partial charge in [0.25, 0.3) is 0 Å². The second-order valence-corrected chi connectivity index (χ2v) is 6.30. The van der Waals surface area contributed by atoms with E-state index in [1.54, 1.807) is 0 Å². The van der Waals surface area contributed by atoms with Crippen LogP contribution in [0.15, 0.2) is 42.5 Å². The lowest BCUT2D eigenvalue weighted by Crippen LogP contribution is -2.20. The first kappa shape index (κ1) is 15.8. The molecule has 2 aromatic carbocycles. The Morgan fingerprint density at radius 2 is 1.62 bits per heavy atom. The zero-order valence-corrected chi connectivity index (χ0v) is 13.9. The Labute approximate surface area is 129 Å². The van der Waals surface area contributed by atoms with Crippen molar-refractivity contribution in [3.05, 3.63) is 70.3 Å². The van der Waals surface area contributed by atoms with E-state index in [-0.39, 0.29) is 0 Å². The van der Waals surface area contributed by atoms with Gasteiger partial charge in [-0.05, 0) is 55.5 Å². The molecule has 2 aromatic rings. The van der Waals surface area contributed by atoms with Gasteiger partial charge in [0.15, 0.2) is 0 Å². The minimum atomic E-state index is 0.370. The molecule has 1 nitrogen and oxygen atoms in total. The van der Waals surface area contributed by atoms with Crippen LogP contribution >= 0.6 is 0 Å². The van der Waals surface area contributed by atoms with Gasteiger partial charge in [-0.2, -0.15) is 0 Å². The average molecular weight is 281 g/mol. The highest BCUT2D eigenvalue weighted by molar-refractivity contribution is 5.35. The summed E-state index contributed by atoms with van der Waals surface area (Å²) < 4.78 is 0. The SMILES string of the molecule is CNC(Cc1ccc(C(C)C)cc1)c1cc(C)ccc1C. The lowest BCUT2D eigenvalue weighted by atomic mass is 9.93. The lowest BCUT2D eigenvalue weighted by molar-refractivity contribution is 0.588. The average Bonchev–Trinajstić information content (AvgIpc) is 2.48. The van der Waals surface area contributed by atoms with Gasteiger partial charge in [0.05, 0.1) is 0 Å². The first-order chi connectivity index (χ1) is 10.0. The number of likely N-dealkylation sites (N-methyl/N-ethyl adjacent to an activating group) is 1. The van der Waals surface area contributed by atoms with Gasteiger partial charge in [-0.3, -0.25) is 0 Å². The van der Waals surface area contributed by atoms with E-state index < -0.39 is 0 Å². The van der Waals surface area contributed by atoms with Gasteiger partial charge in [-0.1, -0.05) is 61.9 Å². The minimum absolute atomic E-state index is 0.370. The number of nitrogens with one attached hydrogen (secondary N) is 1. The van der Waals surface area contributed by atoms with E-state index in [1.807, 2.05) is 0 Å². The highest BCUT2D eigenvalue weighted by Gasteiger charge is 2.13. The number of hydrogen-bond donors (Lipinski definition) is 1. The summed E-state index contributed by atoms with van der Waals surface area (Å²) in [6.45, 7) is 8.83. The van der Waals surface area contributed by atoms with Gasteiger partial charge in [0.1, 0.15) is 0 Å². The molecule has 0 aliphatic rings. The quantitative estimate of drug-likeness (QED) is 0.819. The minimum Gasteiger partial charge on any atom is -0.313 e. The molecule has 0 heterocycles. The molecular weight excluding hydrogens is 254 g/mol. The maximum atomic E-state index is 3.47. The van der Waals surface area contributed by atoms with Crippen LogP contribution in [0.2, 0.25) is 0 Å². The number of rotatable bonds is 5. The highest BCUT2D eigenvalue weighted by atomic mass is 14.9. The van der Waals surface area contributed by atoms with Gasteiger partial charge in [0, 0.05) is 6.04 Å². The lowest BCUT2D eigenvalue weighted by Gasteiger charge is -2.20. The molecule has 0 fully saturated rings. The highest BCUT2D eigenvalue weighted by Crippen LogP contribution is 2.24. The third-order valence-corrected chi connectivity index (χ3v) is 4.24. The molecule has 0 aliphatic heterocycles. The number of benzene rings is 2. The summed E-state index contributed by atoms with van der Waals surface area (Å²) >= 11 is 0. The molecule has 0 aromatic heterocycles. The van der Waals surface area contributed by atoms with Crippen molar-refractivity contribution in [1.82, 2.24) is 5.32 Å². The van der Waals surface area contributed by atoms with Gasteiger partial charge in [-0.15, -0.1) is 0 Å². The monoisotopic (exact) mass is 281 g/mol. The molecule has 21 heavy (non-hydrogen) atoms. The second kappa shape index (κ2) is 6.91. The Morgan fingerprint density at radius 1 is 0.952 bits per heavy atom. The van der Waals surface area contributed by atoms with E-state index >= 15 is 0 Å². The summed E-state index contributed by atoms with van der Waals surface area (Å²) in [4.78, 5) is 0. The van der Waals surface area contributed by atoms with E-state index in [2.05, 4.69) is 82.5 Å². The normalized spacial score (nSPS) is 12.7. The predicted molar refractivity (Wildman–Crippen MR) is 92.0 cm³/mol.